The van der Waals surface area contributed by atoms with Crippen LogP contribution in [0, 0.1) is 6.92 Å². The molecule has 2 aromatic rings. The molecule has 1 N–H and O–H groups in total. The van der Waals surface area contributed by atoms with Crippen molar-refractivity contribution in [1.29, 1.82) is 0 Å². The molecule has 1 aromatic heterocycles. The molecular formula is C21H29N5O2. The van der Waals surface area contributed by atoms with Gasteiger partial charge in [-0.25, -0.2) is 4.98 Å². The van der Waals surface area contributed by atoms with Gasteiger partial charge in [0.25, 0.3) is 0 Å². The molecule has 1 amide bonds. The first-order valence-corrected chi connectivity index (χ1v) is 9.70. The number of carbonyl (C=O) groups is 1. The molecule has 1 saturated heterocycles. The zero-order valence-electron chi connectivity index (χ0n) is 17.2. The van der Waals surface area contributed by atoms with Crippen LogP contribution in [0.4, 0.5) is 17.5 Å². The number of aromatic nitrogens is 2. The summed E-state index contributed by atoms with van der Waals surface area (Å²) in [7, 11) is 5.49. The number of ether oxygens (including phenoxy) is 1. The first kappa shape index (κ1) is 19.9. The summed E-state index contributed by atoms with van der Waals surface area (Å²) in [5.41, 5.74) is 2.57. The maximum absolute atomic E-state index is 12.6. The second-order valence-electron chi connectivity index (χ2n) is 7.38. The Labute approximate surface area is 166 Å². The number of aryl methyl sites for hydroxylation is 1. The zero-order valence-corrected chi connectivity index (χ0v) is 17.2. The lowest BCUT2D eigenvalue weighted by Crippen LogP contribution is -2.31. The molecule has 0 saturated carbocycles. The highest BCUT2D eigenvalue weighted by Gasteiger charge is 2.18. The zero-order chi connectivity index (χ0) is 20.1. The van der Waals surface area contributed by atoms with Crippen LogP contribution in [0.3, 0.4) is 0 Å². The summed E-state index contributed by atoms with van der Waals surface area (Å²) in [5, 5.41) is 2.96. The summed E-state index contributed by atoms with van der Waals surface area (Å²) in [6.07, 6.45) is 5.59. The van der Waals surface area contributed by atoms with E-state index in [0.29, 0.717) is 5.69 Å². The van der Waals surface area contributed by atoms with Crippen LogP contribution in [0.1, 0.15) is 30.4 Å². The van der Waals surface area contributed by atoms with Crippen LogP contribution in [0.2, 0.25) is 0 Å². The molecule has 0 spiro atoms. The van der Waals surface area contributed by atoms with Crippen molar-refractivity contribution in [3.63, 3.8) is 0 Å². The van der Waals surface area contributed by atoms with Crippen molar-refractivity contribution in [1.82, 2.24) is 9.97 Å². The van der Waals surface area contributed by atoms with Gasteiger partial charge in [-0.05, 0) is 43.4 Å². The predicted molar refractivity (Wildman–Crippen MR) is 112 cm³/mol. The van der Waals surface area contributed by atoms with E-state index in [0.717, 1.165) is 41.7 Å². The van der Waals surface area contributed by atoms with Gasteiger partial charge in [0.05, 0.1) is 19.7 Å². The minimum absolute atomic E-state index is 0.0954. The van der Waals surface area contributed by atoms with E-state index in [1.165, 1.54) is 19.3 Å². The monoisotopic (exact) mass is 383 g/mol. The van der Waals surface area contributed by atoms with E-state index in [2.05, 4.69) is 15.2 Å². The fourth-order valence-corrected chi connectivity index (χ4v) is 3.47. The van der Waals surface area contributed by atoms with E-state index in [1.807, 2.05) is 44.1 Å². The number of carbonyl (C=O) groups excluding carboxylic acids is 1. The van der Waals surface area contributed by atoms with Gasteiger partial charge in [0.1, 0.15) is 11.4 Å². The van der Waals surface area contributed by atoms with Crippen molar-refractivity contribution >= 4 is 23.4 Å². The molecule has 0 atom stereocenters. The highest BCUT2D eigenvalue weighted by atomic mass is 16.5. The lowest BCUT2D eigenvalue weighted by atomic mass is 10.1. The number of piperidine rings is 1. The Morgan fingerprint density at radius 1 is 1.25 bits per heavy atom. The van der Waals surface area contributed by atoms with Gasteiger partial charge in [0.15, 0.2) is 5.82 Å². The fraction of sp³-hybridized carbons (Fsp3) is 0.476. The number of anilines is 3. The van der Waals surface area contributed by atoms with Crippen molar-refractivity contribution in [2.24, 2.45) is 0 Å². The molecule has 1 aliphatic heterocycles. The Morgan fingerprint density at radius 3 is 2.64 bits per heavy atom. The molecule has 0 bridgehead atoms. The molecule has 1 aliphatic rings. The summed E-state index contributed by atoms with van der Waals surface area (Å²) < 4.78 is 5.28. The Balaban J connectivity index is 1.73. The number of nitrogens with zero attached hydrogens (tertiary/aromatic N) is 4. The van der Waals surface area contributed by atoms with Crippen LogP contribution in [-0.4, -0.2) is 50.2 Å². The number of rotatable bonds is 6. The maximum atomic E-state index is 12.6. The fourth-order valence-electron chi connectivity index (χ4n) is 3.47. The summed E-state index contributed by atoms with van der Waals surface area (Å²) in [6.45, 7) is 3.93. The van der Waals surface area contributed by atoms with Gasteiger partial charge < -0.3 is 19.9 Å². The van der Waals surface area contributed by atoms with Crippen LogP contribution < -0.4 is 19.9 Å². The normalized spacial score (nSPS) is 13.9. The minimum atomic E-state index is -0.0954. The van der Waals surface area contributed by atoms with Gasteiger partial charge in [-0.2, -0.15) is 4.98 Å². The molecule has 0 radical (unpaired) electrons. The maximum Gasteiger partial charge on any atom is 0.228 e. The van der Waals surface area contributed by atoms with Gasteiger partial charge >= 0.3 is 0 Å². The largest absolute Gasteiger partial charge is 0.496 e. The molecule has 7 nitrogen and oxygen atoms in total. The third kappa shape index (κ3) is 4.71. The molecule has 7 heteroatoms. The topological polar surface area (TPSA) is 70.6 Å². The third-order valence-electron chi connectivity index (χ3n) is 4.92. The molecule has 0 aliphatic carbocycles. The molecule has 150 valence electrons. The van der Waals surface area contributed by atoms with E-state index < -0.39 is 0 Å². The third-order valence-corrected chi connectivity index (χ3v) is 4.92. The standard InChI is InChI=1S/C21H29N5O2/c1-15-12-16(8-9-18(15)28-4)13-19(27)23-17-14-22-21(24-20(17)25(2)3)26-10-6-5-7-11-26/h8-9,12,14H,5-7,10-11,13H2,1-4H3,(H,23,27). The Kier molecular flexibility index (Phi) is 6.34. The van der Waals surface area contributed by atoms with Gasteiger partial charge in [-0.15, -0.1) is 0 Å². The van der Waals surface area contributed by atoms with Crippen LogP contribution in [0.25, 0.3) is 0 Å². The smallest absolute Gasteiger partial charge is 0.228 e. The number of hydrogen-bond acceptors (Lipinski definition) is 6. The molecule has 1 aromatic carbocycles. The molecule has 2 heterocycles. The Morgan fingerprint density at radius 2 is 2.00 bits per heavy atom. The second-order valence-corrected chi connectivity index (χ2v) is 7.38. The van der Waals surface area contributed by atoms with Crippen molar-refractivity contribution in [3.8, 4) is 5.75 Å². The molecular weight excluding hydrogens is 354 g/mol. The van der Waals surface area contributed by atoms with Gasteiger partial charge in [-0.3, -0.25) is 4.79 Å². The van der Waals surface area contributed by atoms with E-state index in [4.69, 9.17) is 9.72 Å². The highest BCUT2D eigenvalue weighted by Crippen LogP contribution is 2.25. The summed E-state index contributed by atoms with van der Waals surface area (Å²) >= 11 is 0. The highest BCUT2D eigenvalue weighted by molar-refractivity contribution is 5.94. The van der Waals surface area contributed by atoms with Crippen molar-refractivity contribution < 1.29 is 9.53 Å². The Hall–Kier alpha value is -2.83. The van der Waals surface area contributed by atoms with Gasteiger partial charge in [-0.1, -0.05) is 12.1 Å². The summed E-state index contributed by atoms with van der Waals surface area (Å²) in [4.78, 5) is 25.9. The average molecular weight is 383 g/mol. The summed E-state index contributed by atoms with van der Waals surface area (Å²) in [5.74, 6) is 2.17. The van der Waals surface area contributed by atoms with Crippen LogP contribution in [0.5, 0.6) is 5.75 Å². The first-order valence-electron chi connectivity index (χ1n) is 9.70. The quantitative estimate of drug-likeness (QED) is 0.827. The molecule has 0 unspecified atom stereocenters. The molecule has 1 fully saturated rings. The second kappa shape index (κ2) is 8.91. The van der Waals surface area contributed by atoms with Crippen LogP contribution in [0.15, 0.2) is 24.4 Å². The van der Waals surface area contributed by atoms with Crippen molar-refractivity contribution in [2.75, 3.05) is 49.4 Å². The van der Waals surface area contributed by atoms with Crippen molar-refractivity contribution in [2.45, 2.75) is 32.6 Å². The van der Waals surface area contributed by atoms with Gasteiger partial charge in [0, 0.05) is 27.2 Å². The van der Waals surface area contributed by atoms with E-state index in [9.17, 15) is 4.79 Å². The van der Waals surface area contributed by atoms with Gasteiger partial charge in [0.2, 0.25) is 11.9 Å². The predicted octanol–water partition coefficient (Wildman–Crippen LogP) is 3.03. The average Bonchev–Trinajstić information content (AvgIpc) is 2.69. The first-order chi connectivity index (χ1) is 13.5. The van der Waals surface area contributed by atoms with E-state index in [-0.39, 0.29) is 12.3 Å². The minimum Gasteiger partial charge on any atom is -0.496 e. The Bertz CT molecular complexity index is 832. The number of nitrogens with one attached hydrogen (secondary N) is 1. The lowest BCUT2D eigenvalue weighted by molar-refractivity contribution is -0.115. The van der Waals surface area contributed by atoms with Crippen molar-refractivity contribution in [3.05, 3.63) is 35.5 Å². The number of methoxy groups -OCH3 is 1. The SMILES string of the molecule is COc1ccc(CC(=O)Nc2cnc(N3CCCCC3)nc2N(C)C)cc1C. The number of amides is 1. The lowest BCUT2D eigenvalue weighted by Gasteiger charge is -2.28. The van der Waals surface area contributed by atoms with Crippen LogP contribution in [-0.2, 0) is 11.2 Å². The molecule has 3 rings (SSSR count). The number of benzene rings is 1. The van der Waals surface area contributed by atoms with Crippen LogP contribution >= 0.6 is 0 Å². The number of hydrogen-bond donors (Lipinski definition) is 1. The summed E-state index contributed by atoms with van der Waals surface area (Å²) in [6, 6.07) is 5.77. The van der Waals surface area contributed by atoms with E-state index in [1.54, 1.807) is 13.3 Å². The van der Waals surface area contributed by atoms with E-state index >= 15 is 0 Å². The molecule has 28 heavy (non-hydrogen) atoms.